The van der Waals surface area contributed by atoms with E-state index in [0.717, 1.165) is 11.8 Å². The molecule has 0 aromatic heterocycles. The standard InChI is InChI=1S/C18H23BrOSi/c1-18(2,14-19)13-17(20)21(15-9-5-3-6-10-15)16-11-7-4-8-12-16/h3-12,17,20-21H,13-14H2,1-2H3. The summed E-state index contributed by atoms with van der Waals surface area (Å²) in [5.41, 5.74) is -0.156. The van der Waals surface area contributed by atoms with Crippen molar-refractivity contribution in [3.8, 4) is 0 Å². The van der Waals surface area contributed by atoms with Crippen LogP contribution in [0.15, 0.2) is 60.7 Å². The Hall–Kier alpha value is -0.903. The van der Waals surface area contributed by atoms with Crippen LogP contribution >= 0.6 is 15.9 Å². The van der Waals surface area contributed by atoms with Crippen LogP contribution in [0.5, 0.6) is 0 Å². The van der Waals surface area contributed by atoms with Crippen molar-refractivity contribution in [1.29, 1.82) is 0 Å². The summed E-state index contributed by atoms with van der Waals surface area (Å²) in [6, 6.07) is 21.0. The lowest BCUT2D eigenvalue weighted by atomic mass is 9.93. The van der Waals surface area contributed by atoms with Gasteiger partial charge < -0.3 is 5.11 Å². The zero-order valence-electron chi connectivity index (χ0n) is 12.7. The quantitative estimate of drug-likeness (QED) is 0.618. The molecule has 0 spiro atoms. The van der Waals surface area contributed by atoms with Gasteiger partial charge in [0.05, 0.1) is 5.73 Å². The molecule has 0 saturated carbocycles. The van der Waals surface area contributed by atoms with E-state index < -0.39 is 8.80 Å². The third-order valence-electron chi connectivity index (χ3n) is 3.83. The summed E-state index contributed by atoms with van der Waals surface area (Å²) in [5.74, 6) is 0. The van der Waals surface area contributed by atoms with E-state index in [-0.39, 0.29) is 11.1 Å². The number of benzene rings is 2. The van der Waals surface area contributed by atoms with E-state index in [1.165, 1.54) is 10.4 Å². The summed E-state index contributed by atoms with van der Waals surface area (Å²) < 4.78 is 0. The van der Waals surface area contributed by atoms with E-state index in [1.807, 2.05) is 12.1 Å². The first kappa shape index (κ1) is 16.5. The van der Waals surface area contributed by atoms with Crippen molar-refractivity contribution in [3.63, 3.8) is 0 Å². The zero-order chi connectivity index (χ0) is 15.3. The fourth-order valence-corrected chi connectivity index (χ4v) is 6.35. The van der Waals surface area contributed by atoms with Crippen LogP contribution < -0.4 is 10.4 Å². The van der Waals surface area contributed by atoms with Gasteiger partial charge in [-0.25, -0.2) is 0 Å². The Morgan fingerprint density at radius 2 is 1.38 bits per heavy atom. The molecular weight excluding hydrogens is 340 g/mol. The van der Waals surface area contributed by atoms with Crippen molar-refractivity contribution in [1.82, 2.24) is 0 Å². The van der Waals surface area contributed by atoms with Gasteiger partial charge in [0, 0.05) is 5.33 Å². The van der Waals surface area contributed by atoms with Crippen molar-refractivity contribution in [2.24, 2.45) is 5.41 Å². The van der Waals surface area contributed by atoms with Crippen molar-refractivity contribution < 1.29 is 5.11 Å². The summed E-state index contributed by atoms with van der Waals surface area (Å²) >= 11 is 3.57. The van der Waals surface area contributed by atoms with E-state index >= 15 is 0 Å². The van der Waals surface area contributed by atoms with Crippen LogP contribution in [0.2, 0.25) is 0 Å². The van der Waals surface area contributed by atoms with Gasteiger partial charge in [-0.3, -0.25) is 0 Å². The predicted molar refractivity (Wildman–Crippen MR) is 97.5 cm³/mol. The SMILES string of the molecule is CC(C)(CBr)CC(O)[SiH](c1ccccc1)c1ccccc1. The third kappa shape index (κ3) is 4.53. The largest absolute Gasteiger partial charge is 0.396 e. The Morgan fingerprint density at radius 1 is 0.952 bits per heavy atom. The van der Waals surface area contributed by atoms with Crippen LogP contribution in [0, 0.1) is 5.41 Å². The summed E-state index contributed by atoms with van der Waals surface area (Å²) in [5, 5.41) is 14.4. The van der Waals surface area contributed by atoms with Crippen LogP contribution in [0.1, 0.15) is 20.3 Å². The first-order valence-corrected chi connectivity index (χ1v) is 10.3. The number of alkyl halides is 1. The van der Waals surface area contributed by atoms with E-state index in [4.69, 9.17) is 0 Å². The smallest absolute Gasteiger partial charge is 0.134 e. The fourth-order valence-electron chi connectivity index (χ4n) is 2.70. The average molecular weight is 363 g/mol. The Labute approximate surface area is 137 Å². The molecule has 3 heteroatoms. The molecule has 2 rings (SSSR count). The molecule has 0 bridgehead atoms. The van der Waals surface area contributed by atoms with E-state index in [1.54, 1.807) is 0 Å². The number of aliphatic hydroxyl groups excluding tert-OH is 1. The molecule has 0 aliphatic carbocycles. The molecule has 0 radical (unpaired) electrons. The number of hydrogen-bond acceptors (Lipinski definition) is 1. The Balaban J connectivity index is 2.33. The minimum absolute atomic E-state index is 0.105. The van der Waals surface area contributed by atoms with Crippen molar-refractivity contribution in [2.75, 3.05) is 5.33 Å². The number of aliphatic hydroxyl groups is 1. The maximum Gasteiger partial charge on any atom is 0.134 e. The summed E-state index contributed by atoms with van der Waals surface area (Å²) in [7, 11) is -1.62. The molecule has 112 valence electrons. The maximum absolute atomic E-state index is 10.9. The molecule has 2 aromatic rings. The highest BCUT2D eigenvalue weighted by Gasteiger charge is 2.30. The van der Waals surface area contributed by atoms with E-state index in [2.05, 4.69) is 78.3 Å². The van der Waals surface area contributed by atoms with Gasteiger partial charge in [0.15, 0.2) is 0 Å². The summed E-state index contributed by atoms with van der Waals surface area (Å²) in [6.07, 6.45) is 0.818. The minimum Gasteiger partial charge on any atom is -0.396 e. The van der Waals surface area contributed by atoms with Gasteiger partial charge in [0.2, 0.25) is 0 Å². The van der Waals surface area contributed by atoms with Gasteiger partial charge in [0.1, 0.15) is 8.80 Å². The number of hydrogen-bond donors (Lipinski definition) is 1. The Kier molecular flexibility index (Phi) is 5.79. The Bertz CT molecular complexity index is 502. The molecule has 1 atom stereocenters. The first-order valence-electron chi connectivity index (χ1n) is 7.37. The second kappa shape index (κ2) is 7.39. The molecule has 0 fully saturated rings. The van der Waals surface area contributed by atoms with Crippen molar-refractivity contribution in [2.45, 2.75) is 26.0 Å². The molecule has 0 saturated heterocycles. The van der Waals surface area contributed by atoms with Gasteiger partial charge in [-0.2, -0.15) is 0 Å². The predicted octanol–water partition coefficient (Wildman–Crippen LogP) is 2.74. The molecule has 21 heavy (non-hydrogen) atoms. The van der Waals surface area contributed by atoms with Crippen LogP contribution in [0.3, 0.4) is 0 Å². The van der Waals surface area contributed by atoms with E-state index in [9.17, 15) is 5.11 Å². The fraction of sp³-hybridized carbons (Fsp3) is 0.333. The molecule has 0 amide bonds. The maximum atomic E-state index is 10.9. The van der Waals surface area contributed by atoms with Gasteiger partial charge in [-0.15, -0.1) is 0 Å². The molecule has 1 N–H and O–H groups in total. The van der Waals surface area contributed by atoms with Crippen molar-refractivity contribution >= 4 is 35.1 Å². The third-order valence-corrected chi connectivity index (χ3v) is 8.56. The second-order valence-corrected chi connectivity index (χ2v) is 9.99. The molecule has 0 aliphatic heterocycles. The first-order chi connectivity index (χ1) is 10.0. The highest BCUT2D eigenvalue weighted by atomic mass is 79.9. The average Bonchev–Trinajstić information content (AvgIpc) is 2.49. The molecule has 0 heterocycles. The van der Waals surface area contributed by atoms with Crippen LogP contribution in [0.4, 0.5) is 0 Å². The van der Waals surface area contributed by atoms with Crippen LogP contribution in [-0.4, -0.2) is 25.0 Å². The molecule has 2 aromatic carbocycles. The molecule has 1 nitrogen and oxygen atoms in total. The summed E-state index contributed by atoms with van der Waals surface area (Å²) in [6.45, 7) is 4.40. The lowest BCUT2D eigenvalue weighted by Crippen LogP contribution is -2.53. The normalized spacial score (nSPS) is 13.4. The highest BCUT2D eigenvalue weighted by molar-refractivity contribution is 9.09. The van der Waals surface area contributed by atoms with Crippen molar-refractivity contribution in [3.05, 3.63) is 60.7 Å². The topological polar surface area (TPSA) is 20.2 Å². The minimum atomic E-state index is -1.62. The van der Waals surface area contributed by atoms with Gasteiger partial charge in [-0.05, 0) is 11.8 Å². The van der Waals surface area contributed by atoms with Gasteiger partial charge >= 0.3 is 0 Å². The molecule has 1 unspecified atom stereocenters. The number of halogens is 1. The van der Waals surface area contributed by atoms with Crippen LogP contribution in [0.25, 0.3) is 0 Å². The van der Waals surface area contributed by atoms with Crippen LogP contribution in [-0.2, 0) is 0 Å². The molecular formula is C18H23BrOSi. The van der Waals surface area contributed by atoms with Gasteiger partial charge in [-0.1, -0.05) is 101 Å². The number of rotatable bonds is 6. The van der Waals surface area contributed by atoms with Gasteiger partial charge in [0.25, 0.3) is 0 Å². The lowest BCUT2D eigenvalue weighted by molar-refractivity contribution is 0.188. The van der Waals surface area contributed by atoms with E-state index in [0.29, 0.717) is 0 Å². The second-order valence-electron chi connectivity index (χ2n) is 6.37. The summed E-state index contributed by atoms with van der Waals surface area (Å²) in [4.78, 5) is 0. The molecule has 0 aliphatic rings. The highest BCUT2D eigenvalue weighted by Crippen LogP contribution is 2.25. The zero-order valence-corrected chi connectivity index (χ0v) is 15.4. The Morgan fingerprint density at radius 3 is 1.76 bits per heavy atom. The monoisotopic (exact) mass is 362 g/mol. The lowest BCUT2D eigenvalue weighted by Gasteiger charge is -2.30.